The number of ketones is 1. The molecule has 2 nitrogen and oxygen atoms in total. The molecule has 0 unspecified atom stereocenters. The average molecular weight is 249 g/mol. The van der Waals surface area contributed by atoms with Crippen LogP contribution in [-0.4, -0.2) is 30.3 Å². The highest BCUT2D eigenvalue weighted by Gasteiger charge is 2.10. The van der Waals surface area contributed by atoms with Crippen molar-refractivity contribution in [2.75, 3.05) is 19.6 Å². The van der Waals surface area contributed by atoms with E-state index in [-0.39, 0.29) is 0 Å². The molecule has 102 valence electrons. The molecule has 1 fully saturated rings. The van der Waals surface area contributed by atoms with Crippen molar-refractivity contribution in [3.05, 3.63) is 36.4 Å². The van der Waals surface area contributed by atoms with E-state index in [4.69, 9.17) is 0 Å². The zero-order valence-electron chi connectivity index (χ0n) is 12.1. The summed E-state index contributed by atoms with van der Waals surface area (Å²) in [6.07, 6.45) is 3.88. The summed E-state index contributed by atoms with van der Waals surface area (Å²) in [5.41, 5.74) is 0. The Labute approximate surface area is 112 Å². The van der Waals surface area contributed by atoms with Gasteiger partial charge in [0.15, 0.2) is 0 Å². The SMILES string of the molecule is CC.CC(=O)CN1CCCCC1.c1ccccc1. The van der Waals surface area contributed by atoms with Gasteiger partial charge in [-0.1, -0.05) is 56.7 Å². The molecule has 1 aromatic carbocycles. The molecule has 2 rings (SSSR count). The molecule has 1 saturated heterocycles. The third-order valence-electron chi connectivity index (χ3n) is 2.56. The molecule has 0 atom stereocenters. The van der Waals surface area contributed by atoms with Crippen molar-refractivity contribution in [2.45, 2.75) is 40.0 Å². The summed E-state index contributed by atoms with van der Waals surface area (Å²) in [5.74, 6) is 0.293. The van der Waals surface area contributed by atoms with Crippen molar-refractivity contribution in [3.8, 4) is 0 Å². The number of piperidine rings is 1. The van der Waals surface area contributed by atoms with Crippen LogP contribution in [0.2, 0.25) is 0 Å². The number of benzene rings is 1. The summed E-state index contributed by atoms with van der Waals surface area (Å²) in [5, 5.41) is 0. The quantitative estimate of drug-likeness (QED) is 0.795. The first kappa shape index (κ1) is 16.9. The van der Waals surface area contributed by atoms with Crippen molar-refractivity contribution in [2.24, 2.45) is 0 Å². The van der Waals surface area contributed by atoms with Crippen LogP contribution < -0.4 is 0 Å². The maximum absolute atomic E-state index is 10.7. The second kappa shape index (κ2) is 12.3. The van der Waals surface area contributed by atoms with E-state index in [1.807, 2.05) is 50.2 Å². The second-order valence-electron chi connectivity index (χ2n) is 4.19. The molecule has 0 aliphatic carbocycles. The van der Waals surface area contributed by atoms with Crippen LogP contribution in [0.3, 0.4) is 0 Å². The van der Waals surface area contributed by atoms with Gasteiger partial charge in [0.1, 0.15) is 5.78 Å². The highest BCUT2D eigenvalue weighted by Crippen LogP contribution is 2.07. The maximum Gasteiger partial charge on any atom is 0.143 e. The van der Waals surface area contributed by atoms with Gasteiger partial charge >= 0.3 is 0 Å². The van der Waals surface area contributed by atoms with Gasteiger partial charge in [-0.15, -0.1) is 0 Å². The first-order valence-corrected chi connectivity index (χ1v) is 7.01. The van der Waals surface area contributed by atoms with Gasteiger partial charge in [0, 0.05) is 0 Å². The smallest absolute Gasteiger partial charge is 0.143 e. The summed E-state index contributed by atoms with van der Waals surface area (Å²) in [6.45, 7) is 8.58. The Bertz CT molecular complexity index is 252. The summed E-state index contributed by atoms with van der Waals surface area (Å²) >= 11 is 0. The predicted octanol–water partition coefficient (Wildman–Crippen LogP) is 3.77. The summed E-state index contributed by atoms with van der Waals surface area (Å²) in [4.78, 5) is 12.9. The van der Waals surface area contributed by atoms with Gasteiger partial charge in [0.25, 0.3) is 0 Å². The molecule has 2 heteroatoms. The molecular weight excluding hydrogens is 222 g/mol. The molecule has 18 heavy (non-hydrogen) atoms. The second-order valence-corrected chi connectivity index (χ2v) is 4.19. The molecule has 1 aromatic rings. The monoisotopic (exact) mass is 249 g/mol. The Hall–Kier alpha value is -1.15. The highest BCUT2D eigenvalue weighted by molar-refractivity contribution is 5.77. The molecule has 0 amide bonds. The van der Waals surface area contributed by atoms with Crippen LogP contribution in [0.5, 0.6) is 0 Å². The van der Waals surface area contributed by atoms with E-state index < -0.39 is 0 Å². The van der Waals surface area contributed by atoms with Gasteiger partial charge in [-0.25, -0.2) is 0 Å². The number of hydrogen-bond acceptors (Lipinski definition) is 2. The van der Waals surface area contributed by atoms with Crippen LogP contribution >= 0.6 is 0 Å². The Kier molecular flexibility index (Phi) is 11.5. The molecule has 1 aliphatic rings. The lowest BCUT2D eigenvalue weighted by Gasteiger charge is -2.24. The van der Waals surface area contributed by atoms with Gasteiger partial charge in [-0.05, 0) is 32.9 Å². The minimum absolute atomic E-state index is 0.293. The molecule has 1 aliphatic heterocycles. The fourth-order valence-corrected chi connectivity index (χ4v) is 1.82. The van der Waals surface area contributed by atoms with Crippen LogP contribution in [0.4, 0.5) is 0 Å². The molecular formula is C16H27NO. The van der Waals surface area contributed by atoms with E-state index in [9.17, 15) is 4.79 Å². The Morgan fingerprint density at radius 3 is 1.61 bits per heavy atom. The van der Waals surface area contributed by atoms with Gasteiger partial charge in [-0.3, -0.25) is 9.69 Å². The van der Waals surface area contributed by atoms with Crippen molar-refractivity contribution < 1.29 is 4.79 Å². The lowest BCUT2D eigenvalue weighted by atomic mass is 10.1. The van der Waals surface area contributed by atoms with Crippen LogP contribution in [0.25, 0.3) is 0 Å². The number of hydrogen-bond donors (Lipinski definition) is 0. The van der Waals surface area contributed by atoms with E-state index >= 15 is 0 Å². The molecule has 1 heterocycles. The number of carbonyl (C=O) groups is 1. The van der Waals surface area contributed by atoms with Gasteiger partial charge in [0.2, 0.25) is 0 Å². The molecule has 0 bridgehead atoms. The van der Waals surface area contributed by atoms with Crippen molar-refractivity contribution in [1.29, 1.82) is 0 Å². The number of carbonyl (C=O) groups excluding carboxylic acids is 1. The van der Waals surface area contributed by atoms with E-state index in [2.05, 4.69) is 4.90 Å². The molecule has 0 aromatic heterocycles. The molecule has 0 radical (unpaired) electrons. The molecule has 0 N–H and O–H groups in total. The Balaban J connectivity index is 0.000000308. The summed E-state index contributed by atoms with van der Waals surface area (Å²) < 4.78 is 0. The number of Topliss-reactive ketones (excluding diaryl/α,β-unsaturated/α-hetero) is 1. The highest BCUT2D eigenvalue weighted by atomic mass is 16.1. The third-order valence-corrected chi connectivity index (χ3v) is 2.56. The maximum atomic E-state index is 10.7. The Morgan fingerprint density at radius 1 is 0.889 bits per heavy atom. The molecule has 0 spiro atoms. The van der Waals surface area contributed by atoms with Gasteiger partial charge in [0.05, 0.1) is 6.54 Å². The first-order chi connectivity index (χ1) is 8.79. The third kappa shape index (κ3) is 10.0. The predicted molar refractivity (Wildman–Crippen MR) is 78.8 cm³/mol. The lowest BCUT2D eigenvalue weighted by molar-refractivity contribution is -0.118. The van der Waals surface area contributed by atoms with Gasteiger partial charge in [-0.2, -0.15) is 0 Å². The zero-order chi connectivity index (χ0) is 13.6. The van der Waals surface area contributed by atoms with Crippen LogP contribution in [-0.2, 0) is 4.79 Å². The van der Waals surface area contributed by atoms with E-state index in [0.29, 0.717) is 12.3 Å². The molecule has 0 saturated carbocycles. The van der Waals surface area contributed by atoms with Crippen LogP contribution in [0.15, 0.2) is 36.4 Å². The van der Waals surface area contributed by atoms with Gasteiger partial charge < -0.3 is 0 Å². The van der Waals surface area contributed by atoms with Crippen molar-refractivity contribution in [3.63, 3.8) is 0 Å². The van der Waals surface area contributed by atoms with E-state index in [1.54, 1.807) is 6.92 Å². The number of nitrogens with zero attached hydrogens (tertiary/aromatic N) is 1. The van der Waals surface area contributed by atoms with Crippen molar-refractivity contribution in [1.82, 2.24) is 4.90 Å². The summed E-state index contributed by atoms with van der Waals surface area (Å²) in [7, 11) is 0. The number of rotatable bonds is 2. The van der Waals surface area contributed by atoms with E-state index in [1.165, 1.54) is 19.3 Å². The Morgan fingerprint density at radius 2 is 1.28 bits per heavy atom. The van der Waals surface area contributed by atoms with Crippen LogP contribution in [0.1, 0.15) is 40.0 Å². The fourth-order valence-electron chi connectivity index (χ4n) is 1.82. The topological polar surface area (TPSA) is 20.3 Å². The minimum atomic E-state index is 0.293. The standard InChI is InChI=1S/C8H15NO.C6H6.C2H6/c1-8(10)7-9-5-3-2-4-6-9;1-2-4-6-5-3-1;1-2/h2-7H2,1H3;1-6H;1-2H3. The normalized spacial score (nSPS) is 14.6. The fraction of sp³-hybridized carbons (Fsp3) is 0.562. The summed E-state index contributed by atoms with van der Waals surface area (Å²) in [6, 6.07) is 12.0. The number of likely N-dealkylation sites (tertiary alicyclic amines) is 1. The lowest BCUT2D eigenvalue weighted by Crippen LogP contribution is -2.33. The zero-order valence-corrected chi connectivity index (χ0v) is 12.1. The largest absolute Gasteiger partial charge is 0.299 e. The van der Waals surface area contributed by atoms with Crippen molar-refractivity contribution >= 4 is 5.78 Å². The minimum Gasteiger partial charge on any atom is -0.299 e. The average Bonchev–Trinajstić information content (AvgIpc) is 2.44. The van der Waals surface area contributed by atoms with E-state index in [0.717, 1.165) is 13.1 Å². The van der Waals surface area contributed by atoms with Crippen LogP contribution in [0, 0.1) is 0 Å². The first-order valence-electron chi connectivity index (χ1n) is 7.01.